The summed E-state index contributed by atoms with van der Waals surface area (Å²) in [6.45, 7) is 2.39. The summed E-state index contributed by atoms with van der Waals surface area (Å²) in [5.41, 5.74) is 1.36. The molecule has 1 heterocycles. The molecule has 2 rings (SSSR count). The summed E-state index contributed by atoms with van der Waals surface area (Å²) in [5.74, 6) is 1.70. The van der Waals surface area contributed by atoms with Crippen molar-refractivity contribution < 1.29 is 0 Å². The van der Waals surface area contributed by atoms with E-state index in [1.165, 1.54) is 31.4 Å². The molecule has 1 aromatic heterocycles. The Hall–Kier alpha value is -0.830. The van der Waals surface area contributed by atoms with E-state index in [0.717, 1.165) is 17.9 Å². The Morgan fingerprint density at radius 3 is 2.88 bits per heavy atom. The fourth-order valence-corrected chi connectivity index (χ4v) is 3.04. The van der Waals surface area contributed by atoms with Gasteiger partial charge in [-0.05, 0) is 50.6 Å². The summed E-state index contributed by atoms with van der Waals surface area (Å²) in [6, 6.07) is 2.87. The first-order valence-electron chi connectivity index (χ1n) is 6.36. The molecule has 3 heteroatoms. The van der Waals surface area contributed by atoms with Crippen LogP contribution in [0.2, 0.25) is 0 Å². The van der Waals surface area contributed by atoms with Crippen LogP contribution >= 0.6 is 0 Å². The minimum absolute atomic E-state index is 0.733. The zero-order valence-electron chi connectivity index (χ0n) is 10.6. The smallest absolute Gasteiger partial charge is 0.0492 e. The van der Waals surface area contributed by atoms with Gasteiger partial charge in [0.1, 0.15) is 0 Å². The summed E-state index contributed by atoms with van der Waals surface area (Å²) in [4.78, 5) is 0. The summed E-state index contributed by atoms with van der Waals surface area (Å²) < 4.78 is 2.00. The molecule has 90 valence electrons. The standard InChI is InChI=1S/C13H23N3/c1-10-11(5-7-13(10)14-2)4-6-12-8-9-15-16(12)3/h8-11,13-14H,4-7H2,1-3H3. The average Bonchev–Trinajstić information content (AvgIpc) is 2.83. The van der Waals surface area contributed by atoms with Crippen molar-refractivity contribution in [1.82, 2.24) is 15.1 Å². The highest BCUT2D eigenvalue weighted by Gasteiger charge is 2.31. The summed E-state index contributed by atoms with van der Waals surface area (Å²) in [6.07, 6.45) is 7.09. The van der Waals surface area contributed by atoms with Crippen LogP contribution in [0.15, 0.2) is 12.3 Å². The van der Waals surface area contributed by atoms with Crippen LogP contribution in [-0.2, 0) is 13.5 Å². The van der Waals surface area contributed by atoms with Crippen LogP contribution in [-0.4, -0.2) is 22.9 Å². The molecular formula is C13H23N3. The molecule has 0 saturated heterocycles. The van der Waals surface area contributed by atoms with E-state index in [-0.39, 0.29) is 0 Å². The fourth-order valence-electron chi connectivity index (χ4n) is 3.04. The van der Waals surface area contributed by atoms with Gasteiger partial charge in [-0.2, -0.15) is 5.10 Å². The minimum Gasteiger partial charge on any atom is -0.317 e. The molecule has 0 aromatic carbocycles. The first kappa shape index (κ1) is 11.6. The van der Waals surface area contributed by atoms with E-state index in [0.29, 0.717) is 0 Å². The molecule has 3 unspecified atom stereocenters. The maximum absolute atomic E-state index is 4.22. The summed E-state index contributed by atoms with van der Waals surface area (Å²) in [7, 11) is 4.12. The SMILES string of the molecule is CNC1CCC(CCc2ccnn2C)C1C. The monoisotopic (exact) mass is 221 g/mol. The average molecular weight is 221 g/mol. The van der Waals surface area contributed by atoms with Crippen LogP contribution in [0.5, 0.6) is 0 Å². The quantitative estimate of drug-likeness (QED) is 0.842. The van der Waals surface area contributed by atoms with Crippen molar-refractivity contribution >= 4 is 0 Å². The first-order chi connectivity index (χ1) is 7.72. The Labute approximate surface area is 98.2 Å². The predicted molar refractivity (Wildman–Crippen MR) is 66.3 cm³/mol. The molecule has 3 atom stereocenters. The van der Waals surface area contributed by atoms with E-state index >= 15 is 0 Å². The van der Waals surface area contributed by atoms with Crippen molar-refractivity contribution in [3.05, 3.63) is 18.0 Å². The molecule has 0 bridgehead atoms. The molecule has 16 heavy (non-hydrogen) atoms. The maximum Gasteiger partial charge on any atom is 0.0492 e. The third-order valence-corrected chi connectivity index (χ3v) is 4.29. The van der Waals surface area contributed by atoms with Crippen LogP contribution in [0.3, 0.4) is 0 Å². The van der Waals surface area contributed by atoms with Gasteiger partial charge < -0.3 is 5.32 Å². The third kappa shape index (κ3) is 2.29. The molecule has 1 aromatic rings. The minimum atomic E-state index is 0.733. The van der Waals surface area contributed by atoms with E-state index in [1.54, 1.807) is 0 Å². The Morgan fingerprint density at radius 2 is 2.31 bits per heavy atom. The van der Waals surface area contributed by atoms with Gasteiger partial charge in [0.15, 0.2) is 0 Å². The second-order valence-corrected chi connectivity index (χ2v) is 5.08. The normalized spacial score (nSPS) is 29.8. The predicted octanol–water partition coefficient (Wildman–Crippen LogP) is 1.99. The molecule has 0 radical (unpaired) electrons. The van der Waals surface area contributed by atoms with Gasteiger partial charge >= 0.3 is 0 Å². The Morgan fingerprint density at radius 1 is 1.50 bits per heavy atom. The van der Waals surface area contributed by atoms with E-state index in [4.69, 9.17) is 0 Å². The van der Waals surface area contributed by atoms with Crippen molar-refractivity contribution in [3.8, 4) is 0 Å². The van der Waals surface area contributed by atoms with E-state index in [9.17, 15) is 0 Å². The molecule has 1 fully saturated rings. The lowest BCUT2D eigenvalue weighted by Gasteiger charge is -2.20. The number of hydrogen-bond donors (Lipinski definition) is 1. The highest BCUT2D eigenvalue weighted by Crippen LogP contribution is 2.34. The molecule has 1 aliphatic carbocycles. The van der Waals surface area contributed by atoms with Crippen molar-refractivity contribution in [3.63, 3.8) is 0 Å². The van der Waals surface area contributed by atoms with Gasteiger partial charge in [0, 0.05) is 25.0 Å². The topological polar surface area (TPSA) is 29.9 Å². The number of nitrogens with one attached hydrogen (secondary N) is 1. The molecular weight excluding hydrogens is 198 g/mol. The van der Waals surface area contributed by atoms with Crippen LogP contribution in [0.25, 0.3) is 0 Å². The van der Waals surface area contributed by atoms with Gasteiger partial charge in [0.25, 0.3) is 0 Å². The highest BCUT2D eigenvalue weighted by molar-refractivity contribution is 5.00. The third-order valence-electron chi connectivity index (χ3n) is 4.29. The molecule has 1 aliphatic rings. The molecule has 1 saturated carbocycles. The van der Waals surface area contributed by atoms with Crippen molar-refractivity contribution in [2.45, 2.75) is 38.6 Å². The van der Waals surface area contributed by atoms with Gasteiger partial charge in [-0.3, -0.25) is 4.68 Å². The molecule has 3 nitrogen and oxygen atoms in total. The molecule has 1 N–H and O–H groups in total. The van der Waals surface area contributed by atoms with Gasteiger partial charge in [0.2, 0.25) is 0 Å². The van der Waals surface area contributed by atoms with Crippen LogP contribution in [0.4, 0.5) is 0 Å². The number of hydrogen-bond acceptors (Lipinski definition) is 2. The van der Waals surface area contributed by atoms with Gasteiger partial charge in [-0.15, -0.1) is 0 Å². The van der Waals surface area contributed by atoms with Crippen molar-refractivity contribution in [2.75, 3.05) is 7.05 Å². The van der Waals surface area contributed by atoms with Crippen LogP contribution < -0.4 is 5.32 Å². The number of rotatable bonds is 4. The zero-order chi connectivity index (χ0) is 11.5. The van der Waals surface area contributed by atoms with Gasteiger partial charge in [-0.1, -0.05) is 6.92 Å². The van der Waals surface area contributed by atoms with E-state index < -0.39 is 0 Å². The molecule has 0 spiro atoms. The molecule has 0 amide bonds. The zero-order valence-corrected chi connectivity index (χ0v) is 10.6. The summed E-state index contributed by atoms with van der Waals surface area (Å²) in [5, 5.41) is 7.65. The lowest BCUT2D eigenvalue weighted by atomic mass is 9.91. The fraction of sp³-hybridized carbons (Fsp3) is 0.769. The highest BCUT2D eigenvalue weighted by atomic mass is 15.2. The number of aromatic nitrogens is 2. The van der Waals surface area contributed by atoms with Gasteiger partial charge in [-0.25, -0.2) is 0 Å². The Balaban J connectivity index is 1.85. The first-order valence-corrected chi connectivity index (χ1v) is 6.36. The largest absolute Gasteiger partial charge is 0.317 e. The lowest BCUT2D eigenvalue weighted by Crippen LogP contribution is -2.29. The van der Waals surface area contributed by atoms with E-state index in [2.05, 4.69) is 30.5 Å². The van der Waals surface area contributed by atoms with Crippen LogP contribution in [0, 0.1) is 11.8 Å². The Bertz CT molecular complexity index is 332. The van der Waals surface area contributed by atoms with Crippen molar-refractivity contribution in [1.29, 1.82) is 0 Å². The molecule has 0 aliphatic heterocycles. The van der Waals surface area contributed by atoms with Crippen LogP contribution in [0.1, 0.15) is 31.9 Å². The number of nitrogens with zero attached hydrogens (tertiary/aromatic N) is 2. The second kappa shape index (κ2) is 5.00. The Kier molecular flexibility index (Phi) is 3.64. The van der Waals surface area contributed by atoms with E-state index in [1.807, 2.05) is 17.9 Å². The summed E-state index contributed by atoms with van der Waals surface area (Å²) >= 11 is 0. The lowest BCUT2D eigenvalue weighted by molar-refractivity contribution is 0.346. The van der Waals surface area contributed by atoms with Gasteiger partial charge in [0.05, 0.1) is 0 Å². The number of aryl methyl sites for hydroxylation is 2. The maximum atomic E-state index is 4.22. The second-order valence-electron chi connectivity index (χ2n) is 5.08. The van der Waals surface area contributed by atoms with Crippen molar-refractivity contribution in [2.24, 2.45) is 18.9 Å².